The van der Waals surface area contributed by atoms with Crippen LogP contribution in [0.5, 0.6) is 0 Å². The van der Waals surface area contributed by atoms with E-state index < -0.39 is 0 Å². The summed E-state index contributed by atoms with van der Waals surface area (Å²) in [6, 6.07) is 16.7. The Morgan fingerprint density at radius 2 is 1.96 bits per heavy atom. The molecule has 1 heterocycles. The van der Waals surface area contributed by atoms with Crippen molar-refractivity contribution >= 4 is 17.7 Å². The molecule has 1 N–H and O–H groups in total. The van der Waals surface area contributed by atoms with Crippen LogP contribution < -0.4 is 5.32 Å². The summed E-state index contributed by atoms with van der Waals surface area (Å²) in [6.07, 6.45) is 0.457. The number of carbonyl (C=O) groups excluding carboxylic acids is 1. The number of ether oxygens (including phenoxy) is 1. The average Bonchev–Trinajstić information content (AvgIpc) is 2.69. The van der Waals surface area contributed by atoms with Gasteiger partial charge in [0.05, 0.1) is 12.7 Å². The first-order valence-electron chi connectivity index (χ1n) is 9.22. The Morgan fingerprint density at radius 3 is 2.74 bits per heavy atom. The van der Waals surface area contributed by atoms with Gasteiger partial charge in [0.15, 0.2) is 0 Å². The Morgan fingerprint density at radius 1 is 1.19 bits per heavy atom. The summed E-state index contributed by atoms with van der Waals surface area (Å²) in [7, 11) is 0. The average molecular weight is 389 g/mol. The van der Waals surface area contributed by atoms with Crippen LogP contribution in [0, 0.1) is 5.82 Å². The fourth-order valence-electron chi connectivity index (χ4n) is 3.00. The van der Waals surface area contributed by atoms with Crippen LogP contribution in [-0.4, -0.2) is 48.9 Å². The third kappa shape index (κ3) is 6.97. The zero-order chi connectivity index (χ0) is 18.9. The van der Waals surface area contributed by atoms with Gasteiger partial charge in [0.1, 0.15) is 5.82 Å². The van der Waals surface area contributed by atoms with Crippen molar-refractivity contribution in [1.29, 1.82) is 0 Å². The van der Waals surface area contributed by atoms with Crippen LogP contribution in [0.25, 0.3) is 0 Å². The second-order valence-electron chi connectivity index (χ2n) is 6.57. The summed E-state index contributed by atoms with van der Waals surface area (Å²) in [5, 5.41) is 2.97. The number of benzene rings is 2. The van der Waals surface area contributed by atoms with Gasteiger partial charge < -0.3 is 10.1 Å². The maximum Gasteiger partial charge on any atom is 0.220 e. The van der Waals surface area contributed by atoms with Gasteiger partial charge >= 0.3 is 0 Å². The minimum atomic E-state index is -0.245. The highest BCUT2D eigenvalue weighted by molar-refractivity contribution is 7.99. The van der Waals surface area contributed by atoms with Crippen molar-refractivity contribution in [2.24, 2.45) is 0 Å². The molecule has 0 bridgehead atoms. The standard InChI is InChI=1S/C21H25FN2O2S/c22-18-6-8-20(9-7-18)27-13-10-21(25)23-14-19-16-24(11-12-26-19)15-17-4-2-1-3-5-17/h1-9,19H,10-16H2,(H,23,25). The van der Waals surface area contributed by atoms with E-state index in [9.17, 15) is 9.18 Å². The third-order valence-corrected chi connectivity index (χ3v) is 5.42. The van der Waals surface area contributed by atoms with E-state index in [2.05, 4.69) is 34.5 Å². The fraction of sp³-hybridized carbons (Fsp3) is 0.381. The Hall–Kier alpha value is -1.89. The van der Waals surface area contributed by atoms with Gasteiger partial charge in [-0.1, -0.05) is 30.3 Å². The highest BCUT2D eigenvalue weighted by atomic mass is 32.2. The number of amides is 1. The summed E-state index contributed by atoms with van der Waals surface area (Å²) in [4.78, 5) is 15.4. The van der Waals surface area contributed by atoms with Crippen LogP contribution in [0.1, 0.15) is 12.0 Å². The summed E-state index contributed by atoms with van der Waals surface area (Å²) in [5.74, 6) is 0.447. The molecule has 1 saturated heterocycles. The van der Waals surface area contributed by atoms with Crippen molar-refractivity contribution in [3.8, 4) is 0 Å². The van der Waals surface area contributed by atoms with Crippen molar-refractivity contribution in [3.63, 3.8) is 0 Å². The van der Waals surface area contributed by atoms with Crippen molar-refractivity contribution in [2.45, 2.75) is 24.0 Å². The van der Waals surface area contributed by atoms with Crippen LogP contribution in [0.2, 0.25) is 0 Å². The van der Waals surface area contributed by atoms with Crippen molar-refractivity contribution in [1.82, 2.24) is 10.2 Å². The molecule has 1 atom stereocenters. The molecule has 0 radical (unpaired) electrons. The minimum Gasteiger partial charge on any atom is -0.374 e. The van der Waals surface area contributed by atoms with Gasteiger partial charge in [-0.3, -0.25) is 9.69 Å². The quantitative estimate of drug-likeness (QED) is 0.705. The Balaban J connectivity index is 1.33. The van der Waals surface area contributed by atoms with E-state index in [1.807, 2.05) is 6.07 Å². The molecule has 1 aliphatic heterocycles. The van der Waals surface area contributed by atoms with Crippen LogP contribution in [0.3, 0.4) is 0 Å². The smallest absolute Gasteiger partial charge is 0.220 e. The van der Waals surface area contributed by atoms with Crippen molar-refractivity contribution in [3.05, 3.63) is 66.0 Å². The van der Waals surface area contributed by atoms with Gasteiger partial charge in [0.2, 0.25) is 5.91 Å². The van der Waals surface area contributed by atoms with E-state index in [0.717, 1.165) is 24.5 Å². The van der Waals surface area contributed by atoms with Crippen LogP contribution in [0.4, 0.5) is 4.39 Å². The third-order valence-electron chi connectivity index (χ3n) is 4.41. The summed E-state index contributed by atoms with van der Waals surface area (Å²) < 4.78 is 18.7. The summed E-state index contributed by atoms with van der Waals surface area (Å²) >= 11 is 1.55. The molecular formula is C21H25FN2O2S. The lowest BCUT2D eigenvalue weighted by atomic mass is 10.2. The maximum absolute atomic E-state index is 12.9. The molecule has 27 heavy (non-hydrogen) atoms. The molecule has 1 amide bonds. The molecule has 6 heteroatoms. The molecule has 0 spiro atoms. The normalized spacial score (nSPS) is 17.6. The number of nitrogens with one attached hydrogen (secondary N) is 1. The fourth-order valence-corrected chi connectivity index (χ4v) is 3.85. The highest BCUT2D eigenvalue weighted by Crippen LogP contribution is 2.18. The Kier molecular flexibility index (Phi) is 7.68. The Labute approximate surface area is 164 Å². The highest BCUT2D eigenvalue weighted by Gasteiger charge is 2.20. The Bertz CT molecular complexity index is 712. The molecule has 144 valence electrons. The molecular weight excluding hydrogens is 363 g/mol. The largest absolute Gasteiger partial charge is 0.374 e. The number of morpholine rings is 1. The zero-order valence-corrected chi connectivity index (χ0v) is 16.1. The second-order valence-corrected chi connectivity index (χ2v) is 7.74. The molecule has 4 nitrogen and oxygen atoms in total. The number of rotatable bonds is 8. The first kappa shape index (κ1) is 19.9. The molecule has 0 saturated carbocycles. The first-order chi connectivity index (χ1) is 13.2. The van der Waals surface area contributed by atoms with Crippen LogP contribution in [0.15, 0.2) is 59.5 Å². The van der Waals surface area contributed by atoms with E-state index in [1.165, 1.54) is 17.7 Å². The van der Waals surface area contributed by atoms with Gasteiger partial charge in [0.25, 0.3) is 0 Å². The van der Waals surface area contributed by atoms with E-state index in [1.54, 1.807) is 23.9 Å². The van der Waals surface area contributed by atoms with Gasteiger partial charge in [0, 0.05) is 43.2 Å². The zero-order valence-electron chi connectivity index (χ0n) is 15.3. The monoisotopic (exact) mass is 388 g/mol. The number of thioether (sulfide) groups is 1. The molecule has 0 aromatic heterocycles. The topological polar surface area (TPSA) is 41.6 Å². The van der Waals surface area contributed by atoms with Gasteiger partial charge in [-0.25, -0.2) is 4.39 Å². The minimum absolute atomic E-state index is 0.0217. The molecule has 2 aromatic rings. The maximum atomic E-state index is 12.9. The van der Waals surface area contributed by atoms with Crippen molar-refractivity contribution < 1.29 is 13.9 Å². The van der Waals surface area contributed by atoms with E-state index in [4.69, 9.17) is 4.74 Å². The predicted molar refractivity (Wildman–Crippen MR) is 106 cm³/mol. The van der Waals surface area contributed by atoms with Crippen LogP contribution in [-0.2, 0) is 16.1 Å². The molecule has 1 fully saturated rings. The lowest BCUT2D eigenvalue weighted by Crippen LogP contribution is -2.47. The van der Waals surface area contributed by atoms with E-state index in [0.29, 0.717) is 25.3 Å². The van der Waals surface area contributed by atoms with E-state index >= 15 is 0 Å². The van der Waals surface area contributed by atoms with Crippen LogP contribution >= 0.6 is 11.8 Å². The number of halogens is 1. The summed E-state index contributed by atoms with van der Waals surface area (Å²) in [5.41, 5.74) is 1.29. The second kappa shape index (κ2) is 10.4. The predicted octanol–water partition coefficient (Wildman–Crippen LogP) is 3.33. The lowest BCUT2D eigenvalue weighted by Gasteiger charge is -2.33. The number of hydrogen-bond acceptors (Lipinski definition) is 4. The first-order valence-corrected chi connectivity index (χ1v) is 10.2. The number of nitrogens with zero attached hydrogens (tertiary/aromatic N) is 1. The van der Waals surface area contributed by atoms with E-state index in [-0.39, 0.29) is 17.8 Å². The van der Waals surface area contributed by atoms with Gasteiger partial charge in [-0.2, -0.15) is 0 Å². The lowest BCUT2D eigenvalue weighted by molar-refractivity contribution is -0.121. The number of hydrogen-bond donors (Lipinski definition) is 1. The molecule has 1 aliphatic rings. The molecule has 3 rings (SSSR count). The van der Waals surface area contributed by atoms with Gasteiger partial charge in [-0.15, -0.1) is 11.8 Å². The molecule has 2 aromatic carbocycles. The molecule has 1 unspecified atom stereocenters. The molecule has 0 aliphatic carbocycles. The number of carbonyl (C=O) groups is 1. The summed E-state index contributed by atoms with van der Waals surface area (Å²) in [6.45, 7) is 3.86. The SMILES string of the molecule is O=C(CCSc1ccc(F)cc1)NCC1CN(Cc2ccccc2)CCO1. The van der Waals surface area contributed by atoms with Crippen molar-refractivity contribution in [2.75, 3.05) is 32.0 Å². The van der Waals surface area contributed by atoms with Gasteiger partial charge in [-0.05, 0) is 29.8 Å².